The van der Waals surface area contributed by atoms with E-state index in [-0.39, 0.29) is 0 Å². The molecule has 52 valence electrons. The van der Waals surface area contributed by atoms with E-state index < -0.39 is 0 Å². The van der Waals surface area contributed by atoms with Crippen molar-refractivity contribution < 1.29 is 4.74 Å². The fourth-order valence-corrected chi connectivity index (χ4v) is 1.13. The summed E-state index contributed by atoms with van der Waals surface area (Å²) in [5.74, 6) is 0. The van der Waals surface area contributed by atoms with Crippen molar-refractivity contribution in [3.8, 4) is 0 Å². The highest BCUT2D eigenvalue weighted by Gasteiger charge is 2.08. The van der Waals surface area contributed by atoms with Gasteiger partial charge in [-0.3, -0.25) is 0 Å². The van der Waals surface area contributed by atoms with E-state index in [0.717, 1.165) is 6.61 Å². The number of ether oxygens (including phenoxy) is 1. The zero-order chi connectivity index (χ0) is 6.53. The highest BCUT2D eigenvalue weighted by molar-refractivity contribution is 4.87. The molecule has 0 amide bonds. The molecule has 0 radical (unpaired) electrons. The second-order valence-corrected chi connectivity index (χ2v) is 2.43. The Kier molecular flexibility index (Phi) is 2.78. The van der Waals surface area contributed by atoms with Crippen LogP contribution in [0.4, 0.5) is 0 Å². The average molecular weight is 126 g/mol. The second kappa shape index (κ2) is 3.67. The maximum Gasteiger partial charge on any atom is 0.0755 e. The van der Waals surface area contributed by atoms with Crippen LogP contribution in [-0.4, -0.2) is 12.7 Å². The minimum atomic E-state index is 0.420. The Labute approximate surface area is 56.7 Å². The standard InChI is InChI=1S/C8H14O/c1-2-5-8-6-3-4-7-9-8/h2,5,8H,3-4,6-7H2,1H3/b5-2-/t8-/m1/s1. The van der Waals surface area contributed by atoms with E-state index in [4.69, 9.17) is 4.74 Å². The molecule has 0 aliphatic carbocycles. The molecule has 1 nitrogen and oxygen atoms in total. The fraction of sp³-hybridized carbons (Fsp3) is 0.750. The van der Waals surface area contributed by atoms with Crippen LogP contribution in [0.1, 0.15) is 26.2 Å². The molecule has 0 spiro atoms. The molecule has 0 saturated carbocycles. The van der Waals surface area contributed by atoms with Crippen molar-refractivity contribution in [2.75, 3.05) is 6.61 Å². The van der Waals surface area contributed by atoms with Crippen molar-refractivity contribution in [1.29, 1.82) is 0 Å². The van der Waals surface area contributed by atoms with Crippen molar-refractivity contribution in [3.63, 3.8) is 0 Å². The number of hydrogen-bond donors (Lipinski definition) is 0. The molecule has 1 aliphatic rings. The highest BCUT2D eigenvalue weighted by atomic mass is 16.5. The summed E-state index contributed by atoms with van der Waals surface area (Å²) < 4.78 is 5.43. The lowest BCUT2D eigenvalue weighted by molar-refractivity contribution is 0.0465. The zero-order valence-corrected chi connectivity index (χ0v) is 5.97. The molecule has 1 heteroatoms. The lowest BCUT2D eigenvalue weighted by Crippen LogP contribution is -2.15. The van der Waals surface area contributed by atoms with Crippen LogP contribution < -0.4 is 0 Å². The van der Waals surface area contributed by atoms with Gasteiger partial charge in [-0.05, 0) is 26.2 Å². The smallest absolute Gasteiger partial charge is 0.0755 e. The summed E-state index contributed by atoms with van der Waals surface area (Å²) in [5, 5.41) is 0. The van der Waals surface area contributed by atoms with Crippen molar-refractivity contribution in [2.24, 2.45) is 0 Å². The van der Waals surface area contributed by atoms with Gasteiger partial charge >= 0.3 is 0 Å². The second-order valence-electron chi connectivity index (χ2n) is 2.43. The van der Waals surface area contributed by atoms with Crippen LogP contribution in [-0.2, 0) is 4.74 Å². The molecule has 0 N–H and O–H groups in total. The van der Waals surface area contributed by atoms with Gasteiger partial charge in [0.05, 0.1) is 6.10 Å². The van der Waals surface area contributed by atoms with Crippen LogP contribution in [0, 0.1) is 0 Å². The summed E-state index contributed by atoms with van der Waals surface area (Å²) in [6, 6.07) is 0. The topological polar surface area (TPSA) is 9.23 Å². The Balaban J connectivity index is 2.23. The minimum absolute atomic E-state index is 0.420. The highest BCUT2D eigenvalue weighted by Crippen LogP contribution is 2.12. The molecule has 0 bridgehead atoms. The molecule has 1 heterocycles. The number of allylic oxidation sites excluding steroid dienone is 1. The summed E-state index contributed by atoms with van der Waals surface area (Å²) in [4.78, 5) is 0. The molecule has 9 heavy (non-hydrogen) atoms. The van der Waals surface area contributed by atoms with Crippen molar-refractivity contribution >= 4 is 0 Å². The molecular formula is C8H14O. The zero-order valence-electron chi connectivity index (χ0n) is 5.97. The monoisotopic (exact) mass is 126 g/mol. The maximum atomic E-state index is 5.43. The number of hydrogen-bond acceptors (Lipinski definition) is 1. The lowest BCUT2D eigenvalue weighted by Gasteiger charge is -2.18. The maximum absolute atomic E-state index is 5.43. The van der Waals surface area contributed by atoms with E-state index in [1.807, 2.05) is 6.92 Å². The average Bonchev–Trinajstić information content (AvgIpc) is 1.91. The van der Waals surface area contributed by atoms with E-state index in [2.05, 4.69) is 12.2 Å². The normalized spacial score (nSPS) is 29.2. The van der Waals surface area contributed by atoms with Gasteiger partial charge in [0.1, 0.15) is 0 Å². The Morgan fingerprint density at radius 2 is 2.33 bits per heavy atom. The van der Waals surface area contributed by atoms with Crippen LogP contribution in [0.15, 0.2) is 12.2 Å². The SMILES string of the molecule is C/C=C\[C@@H]1CCCCO1. The first-order valence-corrected chi connectivity index (χ1v) is 3.68. The van der Waals surface area contributed by atoms with Gasteiger partial charge in [0, 0.05) is 6.61 Å². The van der Waals surface area contributed by atoms with E-state index >= 15 is 0 Å². The summed E-state index contributed by atoms with van der Waals surface area (Å²) in [7, 11) is 0. The van der Waals surface area contributed by atoms with Crippen LogP contribution in [0.2, 0.25) is 0 Å². The van der Waals surface area contributed by atoms with Gasteiger partial charge in [-0.25, -0.2) is 0 Å². The summed E-state index contributed by atoms with van der Waals surface area (Å²) in [6.45, 7) is 2.99. The Hall–Kier alpha value is -0.300. The molecule has 1 aliphatic heterocycles. The molecule has 0 aromatic heterocycles. The predicted octanol–water partition coefficient (Wildman–Crippen LogP) is 2.13. The first-order chi connectivity index (χ1) is 4.43. The van der Waals surface area contributed by atoms with E-state index in [1.165, 1.54) is 19.3 Å². The Morgan fingerprint density at radius 1 is 1.44 bits per heavy atom. The Morgan fingerprint density at radius 3 is 2.89 bits per heavy atom. The van der Waals surface area contributed by atoms with Gasteiger partial charge in [-0.1, -0.05) is 12.2 Å². The molecule has 0 unspecified atom stereocenters. The number of rotatable bonds is 1. The molecule has 0 aromatic rings. The van der Waals surface area contributed by atoms with Gasteiger partial charge in [0.15, 0.2) is 0 Å². The fourth-order valence-electron chi connectivity index (χ4n) is 1.13. The third-order valence-corrected chi connectivity index (χ3v) is 1.62. The van der Waals surface area contributed by atoms with Crippen LogP contribution in [0.5, 0.6) is 0 Å². The van der Waals surface area contributed by atoms with Crippen molar-refractivity contribution in [3.05, 3.63) is 12.2 Å². The van der Waals surface area contributed by atoms with E-state index in [1.54, 1.807) is 0 Å². The van der Waals surface area contributed by atoms with Gasteiger partial charge in [-0.15, -0.1) is 0 Å². The van der Waals surface area contributed by atoms with Crippen molar-refractivity contribution in [1.82, 2.24) is 0 Å². The molecular weight excluding hydrogens is 112 g/mol. The van der Waals surface area contributed by atoms with E-state index in [9.17, 15) is 0 Å². The molecule has 1 fully saturated rings. The molecule has 1 rings (SSSR count). The van der Waals surface area contributed by atoms with Crippen LogP contribution in [0.3, 0.4) is 0 Å². The quantitative estimate of drug-likeness (QED) is 0.489. The van der Waals surface area contributed by atoms with Gasteiger partial charge < -0.3 is 4.74 Å². The third kappa shape index (κ3) is 2.19. The molecule has 1 saturated heterocycles. The lowest BCUT2D eigenvalue weighted by atomic mass is 10.1. The van der Waals surface area contributed by atoms with Gasteiger partial charge in [0.2, 0.25) is 0 Å². The van der Waals surface area contributed by atoms with Crippen LogP contribution in [0.25, 0.3) is 0 Å². The Bertz CT molecular complexity index is 90.7. The summed E-state index contributed by atoms with van der Waals surface area (Å²) >= 11 is 0. The van der Waals surface area contributed by atoms with Gasteiger partial charge in [-0.2, -0.15) is 0 Å². The first kappa shape index (κ1) is 6.81. The summed E-state index contributed by atoms with van der Waals surface area (Å²) in [6.07, 6.45) is 8.41. The molecule has 1 atom stereocenters. The van der Waals surface area contributed by atoms with Crippen molar-refractivity contribution in [2.45, 2.75) is 32.3 Å². The van der Waals surface area contributed by atoms with Gasteiger partial charge in [0.25, 0.3) is 0 Å². The van der Waals surface area contributed by atoms with Crippen LogP contribution >= 0.6 is 0 Å². The third-order valence-electron chi connectivity index (χ3n) is 1.62. The largest absolute Gasteiger partial charge is 0.374 e. The first-order valence-electron chi connectivity index (χ1n) is 3.68. The summed E-state index contributed by atoms with van der Waals surface area (Å²) in [5.41, 5.74) is 0. The predicted molar refractivity (Wildman–Crippen MR) is 38.4 cm³/mol. The minimum Gasteiger partial charge on any atom is -0.374 e. The molecule has 0 aromatic carbocycles. The van der Waals surface area contributed by atoms with E-state index in [0.29, 0.717) is 6.10 Å².